The van der Waals surface area contributed by atoms with E-state index in [1.165, 1.54) is 11.3 Å². The number of nitrogens with two attached hydrogens (primary N) is 1. The van der Waals surface area contributed by atoms with Gasteiger partial charge in [0.15, 0.2) is 0 Å². The van der Waals surface area contributed by atoms with Gasteiger partial charge in [0.1, 0.15) is 16.6 Å². The fourth-order valence-electron chi connectivity index (χ4n) is 3.47. The van der Waals surface area contributed by atoms with Crippen LogP contribution in [-0.2, 0) is 16.1 Å². The summed E-state index contributed by atoms with van der Waals surface area (Å²) in [5.41, 5.74) is 6.74. The highest BCUT2D eigenvalue weighted by molar-refractivity contribution is 7.19. The number of anilines is 3. The topological polar surface area (TPSA) is 123 Å². The van der Waals surface area contributed by atoms with Crippen LogP contribution in [0.25, 0.3) is 10.4 Å². The Morgan fingerprint density at radius 2 is 2.09 bits per heavy atom. The molecule has 1 amide bonds. The Hall–Kier alpha value is -3.05. The van der Waals surface area contributed by atoms with Gasteiger partial charge in [-0.3, -0.25) is 4.79 Å². The monoisotopic (exact) mass is 483 g/mol. The Bertz CT molecular complexity index is 1120. The van der Waals surface area contributed by atoms with Crippen molar-refractivity contribution in [3.05, 3.63) is 53.9 Å². The normalized spacial score (nSPS) is 14.3. The third-order valence-corrected chi connectivity index (χ3v) is 6.22. The molecule has 4 heterocycles. The lowest BCUT2D eigenvalue weighted by atomic mass is 10.2. The SMILES string of the molecule is CC(C)(O)COCc1cccc(Nc2sc(-c3ccc(N4CCOCC4)nc3)cc2C(N)=O)n1. The van der Waals surface area contributed by atoms with Crippen LogP contribution in [0, 0.1) is 0 Å². The fraction of sp³-hybridized carbons (Fsp3) is 0.375. The number of hydrogen-bond acceptors (Lipinski definition) is 9. The molecule has 1 saturated heterocycles. The summed E-state index contributed by atoms with van der Waals surface area (Å²) in [6.07, 6.45) is 1.81. The van der Waals surface area contributed by atoms with E-state index in [-0.39, 0.29) is 13.2 Å². The van der Waals surface area contributed by atoms with Crippen LogP contribution in [-0.4, -0.2) is 59.5 Å². The molecule has 4 N–H and O–H groups in total. The maximum atomic E-state index is 12.1. The summed E-state index contributed by atoms with van der Waals surface area (Å²) in [4.78, 5) is 24.3. The minimum Gasteiger partial charge on any atom is -0.388 e. The quantitative estimate of drug-likeness (QED) is 0.424. The highest BCUT2D eigenvalue weighted by Crippen LogP contribution is 2.37. The minimum absolute atomic E-state index is 0.199. The van der Waals surface area contributed by atoms with Crippen LogP contribution in [0.2, 0.25) is 0 Å². The summed E-state index contributed by atoms with van der Waals surface area (Å²) in [6, 6.07) is 11.3. The third-order valence-electron chi connectivity index (χ3n) is 5.12. The van der Waals surface area contributed by atoms with Gasteiger partial charge in [-0.1, -0.05) is 6.07 Å². The molecule has 10 heteroatoms. The molecule has 180 valence electrons. The van der Waals surface area contributed by atoms with Gasteiger partial charge in [-0.25, -0.2) is 9.97 Å². The lowest BCUT2D eigenvalue weighted by molar-refractivity contribution is -0.0276. The Morgan fingerprint density at radius 1 is 1.29 bits per heavy atom. The van der Waals surface area contributed by atoms with Gasteiger partial charge < -0.3 is 30.5 Å². The first-order valence-corrected chi connectivity index (χ1v) is 11.9. The number of rotatable bonds is 9. The van der Waals surface area contributed by atoms with Crippen molar-refractivity contribution in [2.24, 2.45) is 5.73 Å². The largest absolute Gasteiger partial charge is 0.388 e. The first-order chi connectivity index (χ1) is 16.3. The molecule has 1 fully saturated rings. The average molecular weight is 484 g/mol. The highest BCUT2D eigenvalue weighted by atomic mass is 32.1. The number of nitrogens with zero attached hydrogens (tertiary/aromatic N) is 3. The number of carbonyl (C=O) groups excluding carboxylic acids is 1. The molecule has 0 unspecified atom stereocenters. The molecule has 0 saturated carbocycles. The molecule has 1 aliphatic heterocycles. The summed E-state index contributed by atoms with van der Waals surface area (Å²) >= 11 is 1.41. The second kappa shape index (κ2) is 10.5. The number of aliphatic hydroxyl groups is 1. The van der Waals surface area contributed by atoms with Gasteiger partial charge >= 0.3 is 0 Å². The molecule has 0 aromatic carbocycles. The van der Waals surface area contributed by atoms with Gasteiger partial charge in [0.05, 0.1) is 43.3 Å². The van der Waals surface area contributed by atoms with E-state index >= 15 is 0 Å². The van der Waals surface area contributed by atoms with Crippen LogP contribution in [0.3, 0.4) is 0 Å². The molecule has 3 aromatic rings. The fourth-order valence-corrected chi connectivity index (χ4v) is 4.53. The molecule has 0 radical (unpaired) electrons. The molecule has 1 aliphatic rings. The van der Waals surface area contributed by atoms with E-state index in [1.54, 1.807) is 19.9 Å². The smallest absolute Gasteiger partial charge is 0.251 e. The number of hydrogen-bond donors (Lipinski definition) is 3. The van der Waals surface area contributed by atoms with Crippen molar-refractivity contribution in [1.29, 1.82) is 0 Å². The van der Waals surface area contributed by atoms with Crippen molar-refractivity contribution in [3.8, 4) is 10.4 Å². The number of amides is 1. The number of aromatic nitrogens is 2. The zero-order valence-electron chi connectivity index (χ0n) is 19.3. The van der Waals surface area contributed by atoms with E-state index in [2.05, 4.69) is 20.2 Å². The van der Waals surface area contributed by atoms with Crippen LogP contribution in [0.1, 0.15) is 29.9 Å². The molecule has 3 aromatic heterocycles. The second-order valence-electron chi connectivity index (χ2n) is 8.67. The number of ether oxygens (including phenoxy) is 2. The number of thiophene rings is 1. The van der Waals surface area contributed by atoms with Crippen LogP contribution >= 0.6 is 11.3 Å². The van der Waals surface area contributed by atoms with Crippen LogP contribution in [0.4, 0.5) is 16.6 Å². The zero-order chi connectivity index (χ0) is 24.1. The molecule has 9 nitrogen and oxygen atoms in total. The van der Waals surface area contributed by atoms with Gasteiger partial charge in [-0.2, -0.15) is 0 Å². The maximum absolute atomic E-state index is 12.1. The molecule has 0 spiro atoms. The van der Waals surface area contributed by atoms with Crippen molar-refractivity contribution in [2.45, 2.75) is 26.1 Å². The van der Waals surface area contributed by atoms with E-state index < -0.39 is 11.5 Å². The Balaban J connectivity index is 1.49. The number of pyridine rings is 2. The lowest BCUT2D eigenvalue weighted by Gasteiger charge is -2.27. The van der Waals surface area contributed by atoms with Crippen LogP contribution in [0.15, 0.2) is 42.6 Å². The zero-order valence-corrected chi connectivity index (χ0v) is 20.1. The van der Waals surface area contributed by atoms with Gasteiger partial charge in [-0.15, -0.1) is 11.3 Å². The number of primary amides is 1. The van der Waals surface area contributed by atoms with Crippen molar-refractivity contribution in [1.82, 2.24) is 9.97 Å². The molecule has 0 bridgehead atoms. The van der Waals surface area contributed by atoms with Gasteiger partial charge in [0, 0.05) is 29.7 Å². The van der Waals surface area contributed by atoms with Crippen molar-refractivity contribution >= 4 is 33.9 Å². The van der Waals surface area contributed by atoms with E-state index in [1.807, 2.05) is 36.5 Å². The summed E-state index contributed by atoms with van der Waals surface area (Å²) in [5.74, 6) is 0.957. The highest BCUT2D eigenvalue weighted by Gasteiger charge is 2.18. The van der Waals surface area contributed by atoms with Crippen molar-refractivity contribution in [2.75, 3.05) is 43.1 Å². The molecular formula is C24H29N5O4S. The molecule has 0 atom stereocenters. The standard InChI is InChI=1S/C24H29N5O4S/c1-24(2,31)15-33-14-17-4-3-5-20(27-17)28-23-18(22(25)30)12-19(34-23)16-6-7-21(26-13-16)29-8-10-32-11-9-29/h3-7,12-13,31H,8-11,14-15H2,1-2H3,(H2,25,30)(H,27,28). The predicted octanol–water partition coefficient (Wildman–Crippen LogP) is 3.17. The summed E-state index contributed by atoms with van der Waals surface area (Å²) in [7, 11) is 0. The van der Waals surface area contributed by atoms with E-state index in [4.69, 9.17) is 15.2 Å². The second-order valence-corrected chi connectivity index (χ2v) is 9.72. The van der Waals surface area contributed by atoms with E-state index in [9.17, 15) is 9.90 Å². The minimum atomic E-state index is -0.908. The lowest BCUT2D eigenvalue weighted by Crippen LogP contribution is -2.36. The van der Waals surface area contributed by atoms with E-state index in [0.29, 0.717) is 35.3 Å². The van der Waals surface area contributed by atoms with Crippen LogP contribution < -0.4 is 16.0 Å². The first-order valence-electron chi connectivity index (χ1n) is 11.0. The molecule has 4 rings (SSSR count). The van der Waals surface area contributed by atoms with Gasteiger partial charge in [0.2, 0.25) is 0 Å². The first kappa shape index (κ1) is 24.1. The summed E-state index contributed by atoms with van der Waals surface area (Å²) in [5, 5.41) is 13.6. The Labute approximate surface area is 202 Å². The van der Waals surface area contributed by atoms with Crippen molar-refractivity contribution < 1.29 is 19.4 Å². The molecular weight excluding hydrogens is 454 g/mol. The summed E-state index contributed by atoms with van der Waals surface area (Å²) < 4.78 is 10.9. The Kier molecular flexibility index (Phi) is 7.42. The third kappa shape index (κ3) is 6.29. The number of morpholine rings is 1. The molecule has 0 aliphatic carbocycles. The number of carbonyl (C=O) groups is 1. The Morgan fingerprint density at radius 3 is 2.76 bits per heavy atom. The molecule has 34 heavy (non-hydrogen) atoms. The van der Waals surface area contributed by atoms with Crippen LogP contribution in [0.5, 0.6) is 0 Å². The predicted molar refractivity (Wildman–Crippen MR) is 133 cm³/mol. The van der Waals surface area contributed by atoms with Crippen molar-refractivity contribution in [3.63, 3.8) is 0 Å². The average Bonchev–Trinajstić information content (AvgIpc) is 3.23. The number of nitrogens with one attached hydrogen (secondary N) is 1. The maximum Gasteiger partial charge on any atom is 0.251 e. The summed E-state index contributed by atoms with van der Waals surface area (Å²) in [6.45, 7) is 6.87. The van der Waals surface area contributed by atoms with Gasteiger partial charge in [0.25, 0.3) is 5.91 Å². The van der Waals surface area contributed by atoms with Gasteiger partial charge in [-0.05, 0) is 44.2 Å². The van der Waals surface area contributed by atoms with E-state index in [0.717, 1.165) is 29.3 Å².